The summed E-state index contributed by atoms with van der Waals surface area (Å²) in [5, 5.41) is 17.1. The molecule has 0 bridgehead atoms. The van der Waals surface area contributed by atoms with Gasteiger partial charge < -0.3 is 21.3 Å². The van der Waals surface area contributed by atoms with Crippen LogP contribution in [0.15, 0.2) is 0 Å². The van der Waals surface area contributed by atoms with Crippen LogP contribution in [0.2, 0.25) is 0 Å². The van der Waals surface area contributed by atoms with Gasteiger partial charge in [-0.05, 0) is 0 Å². The van der Waals surface area contributed by atoms with Crippen LogP contribution in [0.25, 0.3) is 21.3 Å². The number of hydrogen-bond donors (Lipinski definition) is 0. The third-order valence-electron chi connectivity index (χ3n) is 1.66. The molecule has 1 aliphatic heterocycles. The maximum absolute atomic E-state index is 4.29. The van der Waals surface area contributed by atoms with Crippen molar-refractivity contribution in [2.45, 2.75) is 0 Å². The first-order valence-electron chi connectivity index (χ1n) is 4.53. The third kappa shape index (κ3) is 8.78. The van der Waals surface area contributed by atoms with Crippen molar-refractivity contribution in [3.8, 4) is 0 Å². The van der Waals surface area contributed by atoms with Crippen LogP contribution in [0.3, 0.4) is 0 Å². The molecule has 0 aromatic rings. The maximum Gasteiger partial charge on any atom is 2.00 e. The van der Waals surface area contributed by atoms with Crippen molar-refractivity contribution >= 4 is 0 Å². The Morgan fingerprint density at radius 3 is 0.692 bits per heavy atom. The second-order valence-electron chi connectivity index (χ2n) is 2.68. The van der Waals surface area contributed by atoms with Crippen LogP contribution >= 0.6 is 0 Å². The van der Waals surface area contributed by atoms with Gasteiger partial charge in [-0.3, -0.25) is 0 Å². The van der Waals surface area contributed by atoms with Crippen LogP contribution in [0.4, 0.5) is 0 Å². The predicted molar refractivity (Wildman–Crippen MR) is 52.4 cm³/mol. The summed E-state index contributed by atoms with van der Waals surface area (Å²) in [6, 6.07) is 0. The van der Waals surface area contributed by atoms with Crippen molar-refractivity contribution < 1.29 is 19.5 Å². The maximum atomic E-state index is 4.29. The summed E-state index contributed by atoms with van der Waals surface area (Å²) in [5.41, 5.74) is 0. The topological polar surface area (TPSA) is 56.4 Å². The number of rotatable bonds is 0. The molecule has 0 unspecified atom stereocenters. The van der Waals surface area contributed by atoms with Gasteiger partial charge in [-0.2, -0.15) is 52.4 Å². The average Bonchev–Trinajstić information content (AvgIpc) is 2.05. The van der Waals surface area contributed by atoms with Crippen LogP contribution in [0, 0.1) is 0 Å². The van der Waals surface area contributed by atoms with Gasteiger partial charge in [0.05, 0.1) is 0 Å². The molecule has 72 valence electrons. The Labute approximate surface area is 93.4 Å². The first-order chi connectivity index (χ1) is 6.00. The van der Waals surface area contributed by atoms with Gasteiger partial charge in [-0.25, -0.2) is 0 Å². The molecule has 13 heavy (non-hydrogen) atoms. The summed E-state index contributed by atoms with van der Waals surface area (Å²) in [6.45, 7) is 6.85. The van der Waals surface area contributed by atoms with E-state index >= 15 is 0 Å². The van der Waals surface area contributed by atoms with Crippen LogP contribution in [-0.4, -0.2) is 52.4 Å². The molecule has 0 saturated carbocycles. The van der Waals surface area contributed by atoms with Crippen molar-refractivity contribution in [3.05, 3.63) is 21.3 Å². The molecule has 4 nitrogen and oxygen atoms in total. The van der Waals surface area contributed by atoms with Crippen molar-refractivity contribution in [2.75, 3.05) is 52.4 Å². The molecule has 1 fully saturated rings. The Kier molecular flexibility index (Phi) is 10.9. The molecule has 1 heterocycles. The van der Waals surface area contributed by atoms with Gasteiger partial charge in [0.25, 0.3) is 0 Å². The first-order valence-corrected chi connectivity index (χ1v) is 4.53. The van der Waals surface area contributed by atoms with Gasteiger partial charge in [0, 0.05) is 0 Å². The van der Waals surface area contributed by atoms with Crippen molar-refractivity contribution in [1.29, 1.82) is 0 Å². The van der Waals surface area contributed by atoms with Crippen LogP contribution in [-0.2, 0) is 19.5 Å². The largest absolute Gasteiger partial charge is 2.00 e. The van der Waals surface area contributed by atoms with Crippen molar-refractivity contribution in [1.82, 2.24) is 0 Å². The summed E-state index contributed by atoms with van der Waals surface area (Å²) in [4.78, 5) is 0. The third-order valence-corrected chi connectivity index (χ3v) is 1.66. The molecule has 1 rings (SSSR count). The summed E-state index contributed by atoms with van der Waals surface area (Å²) in [5.74, 6) is 0. The van der Waals surface area contributed by atoms with E-state index in [0.717, 1.165) is 52.4 Å². The molecular formula is C8H16N4Zn-2. The Balaban J connectivity index is 0.00000144. The summed E-state index contributed by atoms with van der Waals surface area (Å²) >= 11 is 0. The van der Waals surface area contributed by atoms with E-state index in [0.29, 0.717) is 0 Å². The minimum Gasteiger partial charge on any atom is -0.665 e. The zero-order valence-corrected chi connectivity index (χ0v) is 11.1. The minimum atomic E-state index is 0. The molecule has 1 aliphatic rings. The Hall–Kier alpha value is 0.463. The monoisotopic (exact) mass is 232 g/mol. The van der Waals surface area contributed by atoms with E-state index in [2.05, 4.69) is 21.3 Å². The molecule has 0 aromatic heterocycles. The molecule has 0 aliphatic carbocycles. The molecule has 0 N–H and O–H groups in total. The van der Waals surface area contributed by atoms with E-state index < -0.39 is 0 Å². The Morgan fingerprint density at radius 1 is 0.385 bits per heavy atom. The van der Waals surface area contributed by atoms with Gasteiger partial charge in [-0.15, -0.1) is 0 Å². The van der Waals surface area contributed by atoms with Crippen LogP contribution < -0.4 is 0 Å². The smallest absolute Gasteiger partial charge is 0.665 e. The molecule has 0 radical (unpaired) electrons. The van der Waals surface area contributed by atoms with E-state index in [1.807, 2.05) is 0 Å². The standard InChI is InChI=1S/C8H16N4.Zn/c1-2-10-5-6-12-8-7-11-4-3-9-1;/h1-8H2;/q-4;+2. The molecule has 5 heteroatoms. The van der Waals surface area contributed by atoms with Gasteiger partial charge in [0.1, 0.15) is 0 Å². The second kappa shape index (κ2) is 10.5. The Morgan fingerprint density at radius 2 is 0.538 bits per heavy atom. The van der Waals surface area contributed by atoms with E-state index in [1.165, 1.54) is 0 Å². The predicted octanol–water partition coefficient (Wildman–Crippen LogP) is 1.49. The van der Waals surface area contributed by atoms with Crippen LogP contribution in [0.1, 0.15) is 0 Å². The Bertz CT molecular complexity index is 59.1. The van der Waals surface area contributed by atoms with Crippen molar-refractivity contribution in [3.63, 3.8) is 0 Å². The zero-order chi connectivity index (χ0) is 8.49. The van der Waals surface area contributed by atoms with Gasteiger partial charge in [0.2, 0.25) is 0 Å². The first kappa shape index (κ1) is 13.5. The quantitative estimate of drug-likeness (QED) is 0.570. The molecule has 0 atom stereocenters. The minimum absolute atomic E-state index is 0. The van der Waals surface area contributed by atoms with E-state index in [4.69, 9.17) is 0 Å². The summed E-state index contributed by atoms with van der Waals surface area (Å²) < 4.78 is 0. The summed E-state index contributed by atoms with van der Waals surface area (Å²) in [7, 11) is 0. The van der Waals surface area contributed by atoms with Gasteiger partial charge in [0.15, 0.2) is 0 Å². The van der Waals surface area contributed by atoms with E-state index in [-0.39, 0.29) is 19.5 Å². The van der Waals surface area contributed by atoms with E-state index in [1.54, 1.807) is 0 Å². The van der Waals surface area contributed by atoms with E-state index in [9.17, 15) is 0 Å². The molecule has 0 spiro atoms. The second-order valence-corrected chi connectivity index (χ2v) is 2.68. The summed E-state index contributed by atoms with van der Waals surface area (Å²) in [6.07, 6.45) is 0. The number of nitrogens with zero attached hydrogens (tertiary/aromatic N) is 4. The fraction of sp³-hybridized carbons (Fsp3) is 1.00. The normalized spacial score (nSPS) is 22.2. The van der Waals surface area contributed by atoms with Gasteiger partial charge >= 0.3 is 19.5 Å². The molecule has 0 amide bonds. The SMILES string of the molecule is C1C[N-]CC[N-]CC[N-]CC[N-]1.[Zn+2]. The fourth-order valence-corrected chi connectivity index (χ4v) is 1.01. The zero-order valence-electron chi connectivity index (χ0n) is 8.15. The van der Waals surface area contributed by atoms with Crippen molar-refractivity contribution in [2.24, 2.45) is 0 Å². The molecule has 1 saturated heterocycles. The average molecular weight is 234 g/mol. The van der Waals surface area contributed by atoms with Gasteiger partial charge in [-0.1, -0.05) is 0 Å². The molecular weight excluding hydrogens is 218 g/mol. The van der Waals surface area contributed by atoms with Crippen LogP contribution in [0.5, 0.6) is 0 Å². The molecule has 0 aromatic carbocycles. The fourth-order valence-electron chi connectivity index (χ4n) is 1.01. The number of hydrogen-bond acceptors (Lipinski definition) is 0.